The normalized spacial score (nSPS) is 12.0. The number of hydrogen-bond acceptors (Lipinski definition) is 6. The van der Waals surface area contributed by atoms with Crippen molar-refractivity contribution in [1.29, 1.82) is 5.26 Å². The van der Waals surface area contributed by atoms with E-state index in [0.29, 0.717) is 34.9 Å². The summed E-state index contributed by atoms with van der Waals surface area (Å²) in [5.41, 5.74) is 2.61. The number of nitrogens with one attached hydrogen (secondary N) is 2. The number of benzene rings is 3. The Labute approximate surface area is 197 Å². The number of carboxylic acids is 1. The van der Waals surface area contributed by atoms with Crippen molar-refractivity contribution in [1.82, 2.24) is 5.32 Å². The molecule has 3 aromatic rings. The Morgan fingerprint density at radius 1 is 1.03 bits per heavy atom. The Morgan fingerprint density at radius 3 is 2.35 bits per heavy atom. The van der Waals surface area contributed by atoms with Gasteiger partial charge in [0.15, 0.2) is 11.5 Å². The summed E-state index contributed by atoms with van der Waals surface area (Å²) in [7, 11) is 1.50. The zero-order chi connectivity index (χ0) is 24.5. The van der Waals surface area contributed by atoms with Crippen molar-refractivity contribution >= 4 is 17.6 Å². The molecule has 8 heteroatoms. The lowest BCUT2D eigenvalue weighted by atomic mass is 10.0. The van der Waals surface area contributed by atoms with Gasteiger partial charge in [-0.1, -0.05) is 36.4 Å². The molecular formula is C26H25N3O5. The second-order valence-corrected chi connectivity index (χ2v) is 7.52. The minimum Gasteiger partial charge on any atom is -0.493 e. The molecule has 174 valence electrons. The maximum Gasteiger partial charge on any atom is 0.325 e. The number of nitrogens with zero attached hydrogens (tertiary/aromatic N) is 1. The van der Waals surface area contributed by atoms with Crippen LogP contribution in [0, 0.1) is 11.3 Å². The summed E-state index contributed by atoms with van der Waals surface area (Å²) in [6.07, 6.45) is 0. The van der Waals surface area contributed by atoms with Gasteiger partial charge in [0.1, 0.15) is 18.7 Å². The van der Waals surface area contributed by atoms with Crippen LogP contribution in [0.15, 0.2) is 72.8 Å². The van der Waals surface area contributed by atoms with E-state index < -0.39 is 24.0 Å². The molecule has 3 rings (SSSR count). The van der Waals surface area contributed by atoms with E-state index in [1.54, 1.807) is 42.5 Å². The number of aliphatic carboxylic acids is 1. The number of anilines is 1. The van der Waals surface area contributed by atoms with Gasteiger partial charge >= 0.3 is 5.97 Å². The maximum atomic E-state index is 13.0. The fourth-order valence-corrected chi connectivity index (χ4v) is 3.18. The molecule has 3 N–H and O–H groups in total. The first-order valence-electron chi connectivity index (χ1n) is 10.6. The summed E-state index contributed by atoms with van der Waals surface area (Å²) < 4.78 is 11.4. The molecule has 8 nitrogen and oxygen atoms in total. The molecular weight excluding hydrogens is 434 g/mol. The first-order valence-corrected chi connectivity index (χ1v) is 10.6. The number of rotatable bonds is 10. The lowest BCUT2D eigenvalue weighted by molar-refractivity contribution is -0.141. The van der Waals surface area contributed by atoms with Crippen LogP contribution in [0.25, 0.3) is 0 Å². The van der Waals surface area contributed by atoms with Gasteiger partial charge in [-0.2, -0.15) is 5.26 Å². The fraction of sp³-hybridized carbons (Fsp3) is 0.192. The first-order chi connectivity index (χ1) is 16.4. The average Bonchev–Trinajstić information content (AvgIpc) is 2.86. The van der Waals surface area contributed by atoms with Crippen LogP contribution in [0.5, 0.6) is 11.5 Å². The van der Waals surface area contributed by atoms with Crippen molar-refractivity contribution in [3.05, 3.63) is 89.5 Å². The topological polar surface area (TPSA) is 121 Å². The van der Waals surface area contributed by atoms with Gasteiger partial charge in [-0.3, -0.25) is 9.59 Å². The molecule has 0 aromatic heterocycles. The van der Waals surface area contributed by atoms with E-state index in [-0.39, 0.29) is 0 Å². The zero-order valence-electron chi connectivity index (χ0n) is 18.8. The lowest BCUT2D eigenvalue weighted by Crippen LogP contribution is -2.42. The quantitative estimate of drug-likeness (QED) is 0.421. The minimum absolute atomic E-state index is 0.347. The van der Waals surface area contributed by atoms with Gasteiger partial charge in [-0.05, 0) is 54.4 Å². The Kier molecular flexibility index (Phi) is 8.08. The van der Waals surface area contributed by atoms with Crippen molar-refractivity contribution in [2.45, 2.75) is 25.6 Å². The number of carbonyl (C=O) groups excluding carboxylic acids is 1. The predicted octanol–water partition coefficient (Wildman–Crippen LogP) is 3.89. The first kappa shape index (κ1) is 24.1. The molecule has 0 aliphatic heterocycles. The molecule has 1 unspecified atom stereocenters. The molecule has 0 heterocycles. The summed E-state index contributed by atoms with van der Waals surface area (Å²) in [6.45, 7) is 1.74. The highest BCUT2D eigenvalue weighted by molar-refractivity contribution is 5.89. The van der Waals surface area contributed by atoms with E-state index >= 15 is 0 Å². The molecule has 0 radical (unpaired) electrons. The highest BCUT2D eigenvalue weighted by Crippen LogP contribution is 2.32. The highest BCUT2D eigenvalue weighted by Gasteiger charge is 2.25. The van der Waals surface area contributed by atoms with Gasteiger partial charge in [-0.25, -0.2) is 0 Å². The van der Waals surface area contributed by atoms with E-state index in [4.69, 9.17) is 14.7 Å². The van der Waals surface area contributed by atoms with Crippen molar-refractivity contribution in [3.8, 4) is 17.6 Å². The van der Waals surface area contributed by atoms with Gasteiger partial charge in [0.05, 0.1) is 18.7 Å². The van der Waals surface area contributed by atoms with Crippen LogP contribution in [0.4, 0.5) is 5.69 Å². The van der Waals surface area contributed by atoms with E-state index in [0.717, 1.165) is 5.56 Å². The van der Waals surface area contributed by atoms with Gasteiger partial charge < -0.3 is 25.2 Å². The SMILES string of the molecule is COc1cc([C@H](Nc2ccc(C#N)cc2)C(=O)NC(C)C(=O)O)ccc1OCc1ccccc1. The third kappa shape index (κ3) is 6.26. The second kappa shape index (κ2) is 11.4. The number of methoxy groups -OCH3 is 1. The number of hydrogen-bond donors (Lipinski definition) is 3. The monoisotopic (exact) mass is 459 g/mol. The summed E-state index contributed by atoms with van der Waals surface area (Å²) >= 11 is 0. The maximum absolute atomic E-state index is 13.0. The zero-order valence-corrected chi connectivity index (χ0v) is 18.8. The molecule has 3 aromatic carbocycles. The number of amides is 1. The van der Waals surface area contributed by atoms with E-state index in [2.05, 4.69) is 10.6 Å². The fourth-order valence-electron chi connectivity index (χ4n) is 3.18. The Hall–Kier alpha value is -4.51. The Morgan fingerprint density at radius 2 is 1.74 bits per heavy atom. The van der Waals surface area contributed by atoms with Gasteiger partial charge in [0, 0.05) is 5.69 Å². The van der Waals surface area contributed by atoms with Crippen LogP contribution in [0.2, 0.25) is 0 Å². The molecule has 0 aliphatic carbocycles. The van der Waals surface area contributed by atoms with Crippen molar-refractivity contribution in [2.75, 3.05) is 12.4 Å². The summed E-state index contributed by atoms with van der Waals surface area (Å²) in [5, 5.41) is 23.8. The number of ether oxygens (including phenoxy) is 2. The Bertz CT molecular complexity index is 1170. The lowest BCUT2D eigenvalue weighted by Gasteiger charge is -2.22. The molecule has 0 saturated heterocycles. The van der Waals surface area contributed by atoms with E-state index in [1.807, 2.05) is 36.4 Å². The molecule has 0 aliphatic rings. The highest BCUT2D eigenvalue weighted by atomic mass is 16.5. The largest absolute Gasteiger partial charge is 0.493 e. The predicted molar refractivity (Wildman–Crippen MR) is 127 cm³/mol. The summed E-state index contributed by atoms with van der Waals surface area (Å²) in [4.78, 5) is 24.3. The van der Waals surface area contributed by atoms with Gasteiger partial charge in [-0.15, -0.1) is 0 Å². The summed E-state index contributed by atoms with van der Waals surface area (Å²) in [5.74, 6) is -0.738. The van der Waals surface area contributed by atoms with Crippen LogP contribution in [0.3, 0.4) is 0 Å². The smallest absolute Gasteiger partial charge is 0.325 e. The molecule has 0 saturated carbocycles. The van der Waals surface area contributed by atoms with Gasteiger partial charge in [0.25, 0.3) is 0 Å². The number of nitriles is 1. The standard InChI is InChI=1S/C26H25N3O5/c1-17(26(31)32)28-25(30)24(29-21-11-8-18(15-27)9-12-21)20-10-13-22(23(14-20)33-2)34-16-19-6-4-3-5-7-19/h3-14,17,24,29H,16H2,1-2H3,(H,28,30)(H,31,32)/t17?,24-/m0/s1. The minimum atomic E-state index is -1.15. The van der Waals surface area contributed by atoms with Crippen LogP contribution in [-0.4, -0.2) is 30.1 Å². The van der Waals surface area contributed by atoms with Crippen LogP contribution < -0.4 is 20.1 Å². The van der Waals surface area contributed by atoms with Gasteiger partial charge in [0.2, 0.25) is 5.91 Å². The molecule has 0 spiro atoms. The van der Waals surface area contributed by atoms with E-state index in [1.165, 1.54) is 14.0 Å². The van der Waals surface area contributed by atoms with E-state index in [9.17, 15) is 14.7 Å². The van der Waals surface area contributed by atoms with Crippen LogP contribution in [0.1, 0.15) is 29.7 Å². The Balaban J connectivity index is 1.87. The molecule has 34 heavy (non-hydrogen) atoms. The van der Waals surface area contributed by atoms with Crippen LogP contribution >= 0.6 is 0 Å². The van der Waals surface area contributed by atoms with Crippen molar-refractivity contribution < 1.29 is 24.2 Å². The molecule has 0 bridgehead atoms. The third-order valence-electron chi connectivity index (χ3n) is 5.07. The summed E-state index contributed by atoms with van der Waals surface area (Å²) in [6, 6.07) is 21.4. The molecule has 1 amide bonds. The number of carbonyl (C=O) groups is 2. The second-order valence-electron chi connectivity index (χ2n) is 7.52. The van der Waals surface area contributed by atoms with Crippen molar-refractivity contribution in [3.63, 3.8) is 0 Å². The third-order valence-corrected chi connectivity index (χ3v) is 5.07. The number of carboxylic acid groups (broad SMARTS) is 1. The molecule has 2 atom stereocenters. The average molecular weight is 460 g/mol. The van der Waals surface area contributed by atoms with Crippen molar-refractivity contribution in [2.24, 2.45) is 0 Å². The van der Waals surface area contributed by atoms with Crippen LogP contribution in [-0.2, 0) is 16.2 Å². The molecule has 0 fully saturated rings.